The second-order valence-electron chi connectivity index (χ2n) is 3.34. The first kappa shape index (κ1) is 9.92. The Labute approximate surface area is 88.3 Å². The number of likely N-dealkylation sites (N-methyl/N-ethyl adjacent to an activating group) is 1. The third-order valence-corrected chi connectivity index (χ3v) is 2.42. The summed E-state index contributed by atoms with van der Waals surface area (Å²) in [5, 5.41) is 1.20. The Bertz CT molecular complexity index is 371. The van der Waals surface area contributed by atoms with Gasteiger partial charge >= 0.3 is 0 Å². The molecule has 0 saturated heterocycles. The molecule has 5 nitrogen and oxygen atoms in total. The summed E-state index contributed by atoms with van der Waals surface area (Å²) in [6.07, 6.45) is 5.42. The molecule has 15 heavy (non-hydrogen) atoms. The van der Waals surface area contributed by atoms with E-state index in [1.807, 2.05) is 17.2 Å². The summed E-state index contributed by atoms with van der Waals surface area (Å²) < 4.78 is 0. The molecule has 0 saturated carbocycles. The lowest BCUT2D eigenvalue weighted by atomic mass is 10.2. The largest absolute Gasteiger partial charge is 0.331 e. The van der Waals surface area contributed by atoms with Gasteiger partial charge in [0, 0.05) is 19.8 Å². The molecule has 2 rings (SSSR count). The molecule has 0 aromatic heterocycles. The Morgan fingerprint density at radius 2 is 2.40 bits per heavy atom. The smallest absolute Gasteiger partial charge is 0.278 e. The molecule has 0 aromatic carbocycles. The first-order valence-electron chi connectivity index (χ1n) is 4.75. The van der Waals surface area contributed by atoms with Gasteiger partial charge in [0.1, 0.15) is 5.84 Å². The van der Waals surface area contributed by atoms with Crippen LogP contribution in [0.4, 0.5) is 0 Å². The van der Waals surface area contributed by atoms with Crippen LogP contribution in [0.25, 0.3) is 0 Å². The molecule has 0 N–H and O–H groups in total. The lowest BCUT2D eigenvalue weighted by Gasteiger charge is -2.20. The molecule has 2 heterocycles. The summed E-state index contributed by atoms with van der Waals surface area (Å²) in [5.41, 5.74) is 0.611. The molecule has 0 unspecified atom stereocenters. The highest BCUT2D eigenvalue weighted by molar-refractivity contribution is 6.03. The standard InChI is InChI=1S/C10H13N3O2/c1-12(15-2)10(14)8-3-4-9-11-5-6-13(9)7-8/h3-4,7H,5-6H2,1-2H3. The Hall–Kier alpha value is -1.62. The van der Waals surface area contributed by atoms with Crippen molar-refractivity contribution >= 4 is 11.7 Å². The van der Waals surface area contributed by atoms with Crippen molar-refractivity contribution < 1.29 is 9.63 Å². The van der Waals surface area contributed by atoms with Crippen LogP contribution in [0.1, 0.15) is 0 Å². The van der Waals surface area contributed by atoms with Gasteiger partial charge < -0.3 is 4.90 Å². The van der Waals surface area contributed by atoms with Crippen molar-refractivity contribution in [3.8, 4) is 0 Å². The van der Waals surface area contributed by atoms with Gasteiger partial charge in [0.15, 0.2) is 0 Å². The van der Waals surface area contributed by atoms with Crippen LogP contribution in [0.2, 0.25) is 0 Å². The predicted molar refractivity (Wildman–Crippen MR) is 56.0 cm³/mol. The van der Waals surface area contributed by atoms with Crippen LogP contribution in [0.15, 0.2) is 28.9 Å². The quantitative estimate of drug-likeness (QED) is 0.606. The minimum absolute atomic E-state index is 0.153. The number of hydrogen-bond donors (Lipinski definition) is 0. The zero-order valence-corrected chi connectivity index (χ0v) is 8.80. The molecule has 2 aliphatic heterocycles. The van der Waals surface area contributed by atoms with Gasteiger partial charge in [-0.3, -0.25) is 14.6 Å². The highest BCUT2D eigenvalue weighted by Gasteiger charge is 2.21. The van der Waals surface area contributed by atoms with Crippen molar-refractivity contribution in [2.75, 3.05) is 27.2 Å². The van der Waals surface area contributed by atoms with E-state index in [0.29, 0.717) is 5.57 Å². The molecule has 0 fully saturated rings. The van der Waals surface area contributed by atoms with Crippen LogP contribution in [0.5, 0.6) is 0 Å². The van der Waals surface area contributed by atoms with Crippen molar-refractivity contribution in [1.29, 1.82) is 0 Å². The van der Waals surface area contributed by atoms with Gasteiger partial charge in [-0.2, -0.15) is 0 Å². The summed E-state index contributed by atoms with van der Waals surface area (Å²) in [6.45, 7) is 1.63. The lowest BCUT2D eigenvalue weighted by Crippen LogP contribution is -2.30. The third-order valence-electron chi connectivity index (χ3n) is 2.42. The van der Waals surface area contributed by atoms with E-state index >= 15 is 0 Å². The molecular formula is C10H13N3O2. The van der Waals surface area contributed by atoms with E-state index in [-0.39, 0.29) is 5.91 Å². The fourth-order valence-electron chi connectivity index (χ4n) is 1.52. The SMILES string of the molecule is CON(C)C(=O)C1=CN2CCN=C2C=C1. The third kappa shape index (κ3) is 1.78. The monoisotopic (exact) mass is 207 g/mol. The van der Waals surface area contributed by atoms with E-state index in [9.17, 15) is 4.79 Å². The predicted octanol–water partition coefficient (Wildman–Crippen LogP) is 0.174. The van der Waals surface area contributed by atoms with Crippen LogP contribution in [-0.4, -0.2) is 49.0 Å². The summed E-state index contributed by atoms with van der Waals surface area (Å²) in [4.78, 5) is 22.8. The first-order chi connectivity index (χ1) is 7.22. The topological polar surface area (TPSA) is 45.1 Å². The molecule has 5 heteroatoms. The van der Waals surface area contributed by atoms with E-state index < -0.39 is 0 Å². The van der Waals surface area contributed by atoms with Gasteiger partial charge in [0.05, 0.1) is 19.2 Å². The molecule has 0 spiro atoms. The molecule has 80 valence electrons. The van der Waals surface area contributed by atoms with Crippen LogP contribution in [0.3, 0.4) is 0 Å². The molecule has 2 aliphatic rings. The van der Waals surface area contributed by atoms with E-state index in [0.717, 1.165) is 18.9 Å². The van der Waals surface area contributed by atoms with Crippen molar-refractivity contribution in [1.82, 2.24) is 9.96 Å². The van der Waals surface area contributed by atoms with Gasteiger partial charge in [-0.1, -0.05) is 0 Å². The molecule has 1 amide bonds. The van der Waals surface area contributed by atoms with Crippen LogP contribution in [-0.2, 0) is 9.63 Å². The van der Waals surface area contributed by atoms with Crippen molar-refractivity contribution in [3.63, 3.8) is 0 Å². The maximum absolute atomic E-state index is 11.7. The number of fused-ring (bicyclic) bond motifs is 1. The second kappa shape index (κ2) is 3.86. The van der Waals surface area contributed by atoms with E-state index in [4.69, 9.17) is 4.84 Å². The van der Waals surface area contributed by atoms with Crippen molar-refractivity contribution in [2.45, 2.75) is 0 Å². The average Bonchev–Trinajstić information content (AvgIpc) is 2.73. The van der Waals surface area contributed by atoms with Crippen LogP contribution >= 0.6 is 0 Å². The maximum atomic E-state index is 11.7. The zero-order chi connectivity index (χ0) is 10.8. The Kier molecular flexibility index (Phi) is 2.55. The second-order valence-corrected chi connectivity index (χ2v) is 3.34. The molecule has 0 aliphatic carbocycles. The number of hydroxylamine groups is 2. The molecule has 0 bridgehead atoms. The van der Waals surface area contributed by atoms with Gasteiger partial charge in [-0.15, -0.1) is 0 Å². The minimum atomic E-state index is -0.153. The minimum Gasteiger partial charge on any atom is -0.331 e. The van der Waals surface area contributed by atoms with Crippen molar-refractivity contribution in [2.24, 2.45) is 4.99 Å². The number of aliphatic imine (C=N–C) groups is 1. The summed E-state index contributed by atoms with van der Waals surface area (Å²) in [7, 11) is 3.05. The molecule has 0 aromatic rings. The fraction of sp³-hybridized carbons (Fsp3) is 0.400. The van der Waals surface area contributed by atoms with Gasteiger partial charge in [-0.25, -0.2) is 5.06 Å². The van der Waals surface area contributed by atoms with E-state index in [1.165, 1.54) is 12.2 Å². The Morgan fingerprint density at radius 3 is 3.13 bits per heavy atom. The van der Waals surface area contributed by atoms with Gasteiger partial charge in [0.2, 0.25) is 0 Å². The lowest BCUT2D eigenvalue weighted by molar-refractivity contribution is -0.163. The van der Waals surface area contributed by atoms with Crippen LogP contribution < -0.4 is 0 Å². The van der Waals surface area contributed by atoms with E-state index in [1.54, 1.807) is 13.1 Å². The zero-order valence-electron chi connectivity index (χ0n) is 8.80. The highest BCUT2D eigenvalue weighted by Crippen LogP contribution is 2.15. The van der Waals surface area contributed by atoms with Crippen LogP contribution in [0, 0.1) is 0 Å². The van der Waals surface area contributed by atoms with E-state index in [2.05, 4.69) is 4.99 Å². The number of carbonyl (C=O) groups excluding carboxylic acids is 1. The maximum Gasteiger partial charge on any atom is 0.278 e. The summed E-state index contributed by atoms with van der Waals surface area (Å²) >= 11 is 0. The number of rotatable bonds is 2. The van der Waals surface area contributed by atoms with Gasteiger partial charge in [0.25, 0.3) is 5.91 Å². The number of amides is 1. The normalized spacial score (nSPS) is 18.4. The highest BCUT2D eigenvalue weighted by atomic mass is 16.7. The summed E-state index contributed by atoms with van der Waals surface area (Å²) in [6, 6.07) is 0. The molecule has 0 radical (unpaired) electrons. The fourth-order valence-corrected chi connectivity index (χ4v) is 1.52. The summed E-state index contributed by atoms with van der Waals surface area (Å²) in [5.74, 6) is 0.770. The number of amidine groups is 1. The number of nitrogens with zero attached hydrogens (tertiary/aromatic N) is 3. The number of hydrogen-bond acceptors (Lipinski definition) is 4. The molecular weight excluding hydrogens is 194 g/mol. The Balaban J connectivity index is 2.15. The first-order valence-corrected chi connectivity index (χ1v) is 4.75. The average molecular weight is 207 g/mol. The molecule has 0 atom stereocenters. The van der Waals surface area contributed by atoms with Crippen molar-refractivity contribution in [3.05, 3.63) is 23.9 Å². The number of carbonyl (C=O) groups is 1. The Morgan fingerprint density at radius 1 is 1.60 bits per heavy atom. The van der Waals surface area contributed by atoms with Gasteiger partial charge in [-0.05, 0) is 12.2 Å².